The van der Waals surface area contributed by atoms with E-state index in [1.165, 1.54) is 0 Å². The normalized spacial score (nSPS) is 22.2. The van der Waals surface area contributed by atoms with Gasteiger partial charge in [-0.3, -0.25) is 0 Å². The van der Waals surface area contributed by atoms with Crippen molar-refractivity contribution in [3.8, 4) is 0 Å². The summed E-state index contributed by atoms with van der Waals surface area (Å²) in [5.74, 6) is 0. The van der Waals surface area contributed by atoms with Crippen LogP contribution < -0.4 is 4.90 Å². The zero-order valence-corrected chi connectivity index (χ0v) is 10.0. The first-order valence-corrected chi connectivity index (χ1v) is 6.39. The largest absolute Gasteiger partial charge is 0.372 e. The maximum atomic E-state index is 12.2. The Morgan fingerprint density at radius 3 is 2.53 bits per heavy atom. The van der Waals surface area contributed by atoms with E-state index in [1.54, 1.807) is 26.0 Å². The van der Waals surface area contributed by atoms with Crippen molar-refractivity contribution < 1.29 is 8.42 Å². The molecule has 0 saturated heterocycles. The minimum atomic E-state index is -3.19. The summed E-state index contributed by atoms with van der Waals surface area (Å²) in [4.78, 5) is 2.44. The molecule has 82 valence electrons. The molecule has 1 aromatic carbocycles. The molecular weight excluding hydrogens is 210 g/mol. The van der Waals surface area contributed by atoms with Crippen LogP contribution in [0.4, 0.5) is 5.69 Å². The van der Waals surface area contributed by atoms with Crippen molar-refractivity contribution in [2.75, 3.05) is 18.5 Å². The second-order valence-electron chi connectivity index (χ2n) is 4.59. The van der Waals surface area contributed by atoms with E-state index in [-0.39, 0.29) is 0 Å². The first kappa shape index (κ1) is 10.5. The zero-order chi connectivity index (χ0) is 11.3. The summed E-state index contributed by atoms with van der Waals surface area (Å²) in [6.07, 6.45) is 0. The van der Waals surface area contributed by atoms with Crippen LogP contribution in [0.15, 0.2) is 29.2 Å². The highest BCUT2D eigenvalue weighted by molar-refractivity contribution is 7.93. The van der Waals surface area contributed by atoms with Gasteiger partial charge in [0.05, 0.1) is 15.3 Å². The molecule has 0 amide bonds. The van der Waals surface area contributed by atoms with E-state index in [0.717, 1.165) is 5.69 Å². The predicted octanol–water partition coefficient (Wildman–Crippen LogP) is 1.69. The van der Waals surface area contributed by atoms with Gasteiger partial charge in [0.1, 0.15) is 0 Å². The quantitative estimate of drug-likeness (QED) is 0.674. The molecular formula is C11H15NO2S. The van der Waals surface area contributed by atoms with Crippen molar-refractivity contribution in [1.29, 1.82) is 0 Å². The highest BCUT2D eigenvalue weighted by atomic mass is 32.2. The predicted molar refractivity (Wildman–Crippen MR) is 61.0 cm³/mol. The third kappa shape index (κ3) is 1.35. The summed E-state index contributed by atoms with van der Waals surface area (Å²) in [5.41, 5.74) is 0.803. The standard InChI is InChI=1S/C11H15NO2S/c1-11(2)8-12(3)9-6-4-5-7-10(9)15(11,13)14/h4-7H,8H2,1-3H3. The smallest absolute Gasteiger partial charge is 0.187 e. The van der Waals surface area contributed by atoms with Gasteiger partial charge in [0.15, 0.2) is 9.84 Å². The third-order valence-corrected chi connectivity index (χ3v) is 5.42. The lowest BCUT2D eigenvalue weighted by Crippen LogP contribution is -2.47. The lowest BCUT2D eigenvalue weighted by molar-refractivity contribution is 0.534. The molecule has 2 rings (SSSR count). The fraction of sp³-hybridized carbons (Fsp3) is 0.455. The summed E-state index contributed by atoms with van der Waals surface area (Å²) < 4.78 is 23.8. The van der Waals surface area contributed by atoms with Crippen LogP contribution in [0.3, 0.4) is 0 Å². The van der Waals surface area contributed by atoms with Crippen LogP contribution in [0.2, 0.25) is 0 Å². The molecule has 0 N–H and O–H groups in total. The van der Waals surface area contributed by atoms with Gasteiger partial charge in [0.2, 0.25) is 0 Å². The minimum absolute atomic E-state index is 0.448. The number of hydrogen-bond donors (Lipinski definition) is 0. The number of hydrogen-bond acceptors (Lipinski definition) is 3. The minimum Gasteiger partial charge on any atom is -0.372 e. The molecule has 0 aliphatic carbocycles. The second-order valence-corrected chi connectivity index (χ2v) is 7.14. The average molecular weight is 225 g/mol. The van der Waals surface area contributed by atoms with Gasteiger partial charge in [-0.05, 0) is 26.0 Å². The van der Waals surface area contributed by atoms with Crippen molar-refractivity contribution in [2.24, 2.45) is 0 Å². The highest BCUT2D eigenvalue weighted by Gasteiger charge is 2.42. The highest BCUT2D eigenvalue weighted by Crippen LogP contribution is 2.37. The van der Waals surface area contributed by atoms with Crippen LogP contribution in [-0.2, 0) is 9.84 Å². The number of anilines is 1. The average Bonchev–Trinajstić information content (AvgIpc) is 2.15. The van der Waals surface area contributed by atoms with Crippen molar-refractivity contribution in [3.63, 3.8) is 0 Å². The van der Waals surface area contributed by atoms with Crippen LogP contribution in [-0.4, -0.2) is 26.8 Å². The van der Waals surface area contributed by atoms with Crippen LogP contribution in [0.5, 0.6) is 0 Å². The Kier molecular flexibility index (Phi) is 2.08. The van der Waals surface area contributed by atoms with E-state index in [1.807, 2.05) is 24.1 Å². The number of para-hydroxylation sites is 1. The second kappa shape index (κ2) is 2.98. The summed E-state index contributed by atoms with van der Waals surface area (Å²) in [6, 6.07) is 7.17. The molecule has 1 heterocycles. The van der Waals surface area contributed by atoms with Gasteiger partial charge in [-0.25, -0.2) is 8.42 Å². The van der Waals surface area contributed by atoms with Crippen LogP contribution in [0, 0.1) is 0 Å². The number of benzene rings is 1. The number of nitrogens with zero attached hydrogens (tertiary/aromatic N) is 1. The van der Waals surface area contributed by atoms with E-state index >= 15 is 0 Å². The fourth-order valence-electron chi connectivity index (χ4n) is 2.04. The monoisotopic (exact) mass is 225 g/mol. The van der Waals surface area contributed by atoms with E-state index in [2.05, 4.69) is 0 Å². The SMILES string of the molecule is CN1CC(C)(C)S(=O)(=O)c2ccccc21. The lowest BCUT2D eigenvalue weighted by atomic mass is 10.1. The molecule has 0 unspecified atom stereocenters. The summed E-state index contributed by atoms with van der Waals surface area (Å²) in [7, 11) is -1.27. The van der Waals surface area contributed by atoms with E-state index < -0.39 is 14.6 Å². The van der Waals surface area contributed by atoms with Crippen molar-refractivity contribution in [1.82, 2.24) is 0 Å². The molecule has 3 nitrogen and oxygen atoms in total. The van der Waals surface area contributed by atoms with Crippen molar-refractivity contribution in [2.45, 2.75) is 23.5 Å². The van der Waals surface area contributed by atoms with Gasteiger partial charge >= 0.3 is 0 Å². The molecule has 0 aromatic heterocycles. The van der Waals surface area contributed by atoms with Crippen LogP contribution in [0.25, 0.3) is 0 Å². The molecule has 1 aromatic rings. The van der Waals surface area contributed by atoms with Gasteiger partial charge in [0.25, 0.3) is 0 Å². The molecule has 0 saturated carbocycles. The van der Waals surface area contributed by atoms with E-state index in [0.29, 0.717) is 11.4 Å². The first-order valence-electron chi connectivity index (χ1n) is 4.91. The third-order valence-electron chi connectivity index (χ3n) is 2.91. The zero-order valence-electron chi connectivity index (χ0n) is 9.19. The molecule has 1 aliphatic rings. The van der Waals surface area contributed by atoms with Gasteiger partial charge in [0, 0.05) is 13.6 Å². The van der Waals surface area contributed by atoms with Gasteiger partial charge in [-0.2, -0.15) is 0 Å². The Hall–Kier alpha value is -1.03. The Bertz CT molecular complexity index is 491. The van der Waals surface area contributed by atoms with Crippen LogP contribution >= 0.6 is 0 Å². The van der Waals surface area contributed by atoms with Gasteiger partial charge in [-0.1, -0.05) is 12.1 Å². The van der Waals surface area contributed by atoms with E-state index in [9.17, 15) is 8.42 Å². The lowest BCUT2D eigenvalue weighted by Gasteiger charge is -2.37. The van der Waals surface area contributed by atoms with Gasteiger partial charge in [-0.15, -0.1) is 0 Å². The van der Waals surface area contributed by atoms with E-state index in [4.69, 9.17) is 0 Å². The first-order chi connectivity index (χ1) is 6.86. The molecule has 0 radical (unpaired) electrons. The molecule has 0 fully saturated rings. The molecule has 1 aliphatic heterocycles. The molecule has 0 atom stereocenters. The topological polar surface area (TPSA) is 37.4 Å². The molecule has 0 bridgehead atoms. The summed E-state index contributed by atoms with van der Waals surface area (Å²) in [5, 5.41) is 0. The maximum absolute atomic E-state index is 12.2. The Balaban J connectivity index is 2.74. The summed E-state index contributed by atoms with van der Waals surface area (Å²) in [6.45, 7) is 4.08. The maximum Gasteiger partial charge on any atom is 0.187 e. The summed E-state index contributed by atoms with van der Waals surface area (Å²) >= 11 is 0. The van der Waals surface area contributed by atoms with Gasteiger partial charge < -0.3 is 4.90 Å². The Labute approximate surface area is 90.6 Å². The number of fused-ring (bicyclic) bond motifs is 1. The Morgan fingerprint density at radius 1 is 1.27 bits per heavy atom. The molecule has 0 spiro atoms. The number of sulfone groups is 1. The number of rotatable bonds is 0. The van der Waals surface area contributed by atoms with Crippen LogP contribution in [0.1, 0.15) is 13.8 Å². The Morgan fingerprint density at radius 2 is 1.87 bits per heavy atom. The fourth-order valence-corrected chi connectivity index (χ4v) is 3.75. The molecule has 15 heavy (non-hydrogen) atoms. The molecule has 4 heteroatoms. The van der Waals surface area contributed by atoms with Crippen molar-refractivity contribution >= 4 is 15.5 Å². The van der Waals surface area contributed by atoms with Crippen molar-refractivity contribution in [3.05, 3.63) is 24.3 Å².